The van der Waals surface area contributed by atoms with E-state index in [1.54, 1.807) is 29.3 Å². The number of rotatable bonds is 2. The highest BCUT2D eigenvalue weighted by atomic mass is 79.9. The molecule has 0 saturated carbocycles. The molecule has 0 fully saturated rings. The van der Waals surface area contributed by atoms with Crippen LogP contribution in [0.1, 0.15) is 15.7 Å². The summed E-state index contributed by atoms with van der Waals surface area (Å²) < 4.78 is 0.766. The molecule has 2 N–H and O–H groups in total. The fraction of sp³-hybridized carbons (Fsp3) is 0.273. The number of aromatic amines is 1. The molecule has 4 nitrogen and oxygen atoms in total. The summed E-state index contributed by atoms with van der Waals surface area (Å²) in [7, 11) is 0. The van der Waals surface area contributed by atoms with Gasteiger partial charge < -0.3 is 5.32 Å². The van der Waals surface area contributed by atoms with E-state index in [0.717, 1.165) is 22.2 Å². The first kappa shape index (κ1) is 12.3. The number of hydrogen-bond acceptors (Lipinski definition) is 4. The number of nitrogens with zero attached hydrogens (tertiary/aromatic N) is 1. The molecule has 0 radical (unpaired) electrons. The van der Waals surface area contributed by atoms with Gasteiger partial charge in [-0.2, -0.15) is 5.10 Å². The molecule has 94 valence electrons. The summed E-state index contributed by atoms with van der Waals surface area (Å²) in [6.45, 7) is 0. The number of hydrogen-bond donors (Lipinski definition) is 2. The highest BCUT2D eigenvalue weighted by Gasteiger charge is 2.28. The minimum Gasteiger partial charge on any atom is -0.309 e. The van der Waals surface area contributed by atoms with Crippen LogP contribution in [0.25, 0.3) is 0 Å². The van der Waals surface area contributed by atoms with Gasteiger partial charge in [0.25, 0.3) is 0 Å². The van der Waals surface area contributed by atoms with Gasteiger partial charge in [0.1, 0.15) is 11.1 Å². The van der Waals surface area contributed by atoms with Gasteiger partial charge in [-0.3, -0.25) is 9.89 Å². The van der Waals surface area contributed by atoms with E-state index in [9.17, 15) is 4.79 Å². The van der Waals surface area contributed by atoms with Gasteiger partial charge in [0.15, 0.2) is 0 Å². The van der Waals surface area contributed by atoms with Crippen molar-refractivity contribution in [2.24, 2.45) is 0 Å². The van der Waals surface area contributed by atoms with Crippen molar-refractivity contribution in [2.45, 2.75) is 11.7 Å². The smallest absolute Gasteiger partial charge is 0.243 e. The molecule has 2 aromatic heterocycles. The predicted molar refractivity (Wildman–Crippen MR) is 78.1 cm³/mol. The lowest BCUT2D eigenvalue weighted by Gasteiger charge is -2.21. The van der Waals surface area contributed by atoms with Crippen molar-refractivity contribution >= 4 is 50.8 Å². The summed E-state index contributed by atoms with van der Waals surface area (Å²) >= 11 is 6.76. The Hall–Kier alpha value is -0.790. The van der Waals surface area contributed by atoms with E-state index in [1.165, 1.54) is 4.88 Å². The van der Waals surface area contributed by atoms with Gasteiger partial charge in [0.2, 0.25) is 5.91 Å². The average Bonchev–Trinajstić information content (AvgIpc) is 2.98. The minimum atomic E-state index is -0.116. The van der Waals surface area contributed by atoms with E-state index < -0.39 is 0 Å². The van der Waals surface area contributed by atoms with Crippen molar-refractivity contribution < 1.29 is 4.79 Å². The van der Waals surface area contributed by atoms with Crippen LogP contribution in [0, 0.1) is 0 Å². The molecule has 0 spiro atoms. The molecular weight excluding hydrogens is 334 g/mol. The van der Waals surface area contributed by atoms with Gasteiger partial charge in [0.05, 0.1) is 10.7 Å². The Morgan fingerprint density at radius 1 is 1.61 bits per heavy atom. The predicted octanol–water partition coefficient (Wildman–Crippen LogP) is 3.20. The Morgan fingerprint density at radius 3 is 3.28 bits per heavy atom. The topological polar surface area (TPSA) is 57.8 Å². The third kappa shape index (κ3) is 2.22. The summed E-state index contributed by atoms with van der Waals surface area (Å²) in [6.07, 6.45) is 2.69. The number of aromatic nitrogens is 2. The number of amides is 1. The quantitative estimate of drug-likeness (QED) is 0.880. The normalized spacial score (nSPS) is 18.4. The van der Waals surface area contributed by atoms with Crippen LogP contribution in [0.5, 0.6) is 0 Å². The fourth-order valence-electron chi connectivity index (χ4n) is 1.91. The third-order valence-corrected chi connectivity index (χ3v) is 5.59. The Kier molecular flexibility index (Phi) is 3.45. The van der Waals surface area contributed by atoms with Crippen molar-refractivity contribution in [3.05, 3.63) is 32.6 Å². The summed E-state index contributed by atoms with van der Waals surface area (Å²) in [5, 5.41) is 11.4. The van der Waals surface area contributed by atoms with Gasteiger partial charge in [-0.15, -0.1) is 23.1 Å². The van der Waals surface area contributed by atoms with Crippen LogP contribution in [-0.4, -0.2) is 21.9 Å². The maximum absolute atomic E-state index is 12.3. The zero-order chi connectivity index (χ0) is 12.5. The second-order valence-corrected chi connectivity index (χ2v) is 6.95. The van der Waals surface area contributed by atoms with Gasteiger partial charge in [-0.1, -0.05) is 0 Å². The first-order valence-electron chi connectivity index (χ1n) is 5.43. The van der Waals surface area contributed by atoms with Crippen molar-refractivity contribution in [3.8, 4) is 0 Å². The van der Waals surface area contributed by atoms with E-state index in [0.29, 0.717) is 5.82 Å². The zero-order valence-corrected chi connectivity index (χ0v) is 12.5. The second kappa shape index (κ2) is 5.07. The van der Waals surface area contributed by atoms with Crippen LogP contribution in [0.4, 0.5) is 5.82 Å². The van der Waals surface area contributed by atoms with Crippen LogP contribution in [0.3, 0.4) is 0 Å². The number of anilines is 1. The standard InChI is InChI=1S/C11H10BrN3OS2/c12-7-5-13-15-10(7)14-11(16)9-6-1-3-17-8(6)2-4-18-9/h1,3,5,9H,2,4H2,(H2,13,14,15,16). The van der Waals surface area contributed by atoms with Crippen LogP contribution in [0.2, 0.25) is 0 Å². The molecule has 0 aromatic carbocycles. The van der Waals surface area contributed by atoms with Gasteiger partial charge in [-0.25, -0.2) is 0 Å². The number of halogens is 1. The molecular formula is C11H10BrN3OS2. The number of aryl methyl sites for hydroxylation is 1. The largest absolute Gasteiger partial charge is 0.309 e. The Labute approximate surface area is 121 Å². The minimum absolute atomic E-state index is 0.00398. The molecule has 1 aliphatic heterocycles. The Bertz CT molecular complexity index is 580. The van der Waals surface area contributed by atoms with Gasteiger partial charge in [0, 0.05) is 4.88 Å². The van der Waals surface area contributed by atoms with Crippen molar-refractivity contribution in [3.63, 3.8) is 0 Å². The molecule has 2 aromatic rings. The van der Waals surface area contributed by atoms with Crippen LogP contribution in [-0.2, 0) is 11.2 Å². The number of thioether (sulfide) groups is 1. The maximum atomic E-state index is 12.3. The van der Waals surface area contributed by atoms with E-state index in [4.69, 9.17) is 0 Å². The van der Waals surface area contributed by atoms with Crippen LogP contribution < -0.4 is 5.32 Å². The van der Waals surface area contributed by atoms with Crippen molar-refractivity contribution in [1.82, 2.24) is 10.2 Å². The molecule has 3 rings (SSSR count). The first-order chi connectivity index (χ1) is 8.75. The van der Waals surface area contributed by atoms with Crippen molar-refractivity contribution in [1.29, 1.82) is 0 Å². The SMILES string of the molecule is O=C(Nc1[nH]ncc1Br)C1SCCc2sccc21. The van der Waals surface area contributed by atoms with Gasteiger partial charge >= 0.3 is 0 Å². The zero-order valence-electron chi connectivity index (χ0n) is 9.27. The van der Waals surface area contributed by atoms with Crippen LogP contribution >= 0.6 is 39.0 Å². The van der Waals surface area contributed by atoms with E-state index >= 15 is 0 Å². The number of carbonyl (C=O) groups excluding carboxylic acids is 1. The molecule has 7 heteroatoms. The van der Waals surface area contributed by atoms with E-state index in [1.807, 2.05) is 0 Å². The lowest BCUT2D eigenvalue weighted by Crippen LogP contribution is -2.22. The maximum Gasteiger partial charge on any atom is 0.243 e. The Morgan fingerprint density at radius 2 is 2.50 bits per heavy atom. The number of H-pyrrole nitrogens is 1. The first-order valence-corrected chi connectivity index (χ1v) is 8.15. The van der Waals surface area contributed by atoms with Gasteiger partial charge in [-0.05, 0) is 45.1 Å². The molecule has 0 bridgehead atoms. The highest BCUT2D eigenvalue weighted by Crippen LogP contribution is 2.40. The van der Waals surface area contributed by atoms with E-state index in [-0.39, 0.29) is 11.2 Å². The lowest BCUT2D eigenvalue weighted by molar-refractivity contribution is -0.115. The number of carbonyl (C=O) groups is 1. The third-order valence-electron chi connectivity index (χ3n) is 2.76. The average molecular weight is 344 g/mol. The number of fused-ring (bicyclic) bond motifs is 1. The fourth-order valence-corrected chi connectivity index (χ4v) is 4.49. The highest BCUT2D eigenvalue weighted by molar-refractivity contribution is 9.10. The van der Waals surface area contributed by atoms with Crippen LogP contribution in [0.15, 0.2) is 22.1 Å². The molecule has 1 aliphatic rings. The summed E-state index contributed by atoms with van der Waals surface area (Å²) in [5.74, 6) is 1.61. The lowest BCUT2D eigenvalue weighted by atomic mass is 10.1. The molecule has 3 heterocycles. The molecule has 1 unspecified atom stereocenters. The number of nitrogens with one attached hydrogen (secondary N) is 2. The Balaban J connectivity index is 1.81. The molecule has 0 aliphatic carbocycles. The molecule has 1 amide bonds. The summed E-state index contributed by atoms with van der Waals surface area (Å²) in [4.78, 5) is 13.6. The summed E-state index contributed by atoms with van der Waals surface area (Å²) in [6, 6.07) is 2.05. The molecule has 18 heavy (non-hydrogen) atoms. The van der Waals surface area contributed by atoms with Crippen molar-refractivity contribution in [2.75, 3.05) is 11.1 Å². The number of thiophene rings is 1. The molecule has 1 atom stereocenters. The molecule has 0 saturated heterocycles. The monoisotopic (exact) mass is 343 g/mol. The second-order valence-electron chi connectivity index (χ2n) is 3.88. The van der Waals surface area contributed by atoms with E-state index in [2.05, 4.69) is 42.9 Å². The summed E-state index contributed by atoms with van der Waals surface area (Å²) in [5.41, 5.74) is 1.16.